The average Bonchev–Trinajstić information content (AvgIpc) is 3.42. The van der Waals surface area contributed by atoms with Crippen molar-refractivity contribution < 1.29 is 18.6 Å². The second kappa shape index (κ2) is 9.11. The highest BCUT2D eigenvalue weighted by Gasteiger charge is 2.24. The Morgan fingerprint density at radius 2 is 1.91 bits per heavy atom. The zero-order valence-corrected chi connectivity index (χ0v) is 19.1. The first-order valence-corrected chi connectivity index (χ1v) is 11.2. The maximum atomic E-state index is 15.2. The Bertz CT molecular complexity index is 1220. The van der Waals surface area contributed by atoms with E-state index in [4.69, 9.17) is 4.74 Å². The van der Waals surface area contributed by atoms with Gasteiger partial charge in [0.25, 0.3) is 0 Å². The van der Waals surface area contributed by atoms with Crippen LogP contribution in [0.3, 0.4) is 0 Å². The molecule has 34 heavy (non-hydrogen) atoms. The molecule has 0 radical (unpaired) electrons. The van der Waals surface area contributed by atoms with Gasteiger partial charge < -0.3 is 25.0 Å². The van der Waals surface area contributed by atoms with Gasteiger partial charge in [0.05, 0.1) is 13.2 Å². The lowest BCUT2D eigenvalue weighted by Gasteiger charge is -2.32. The van der Waals surface area contributed by atoms with E-state index < -0.39 is 17.4 Å². The summed E-state index contributed by atoms with van der Waals surface area (Å²) in [6.07, 6.45) is 3.97. The Kier molecular flexibility index (Phi) is 6.01. The fourth-order valence-corrected chi connectivity index (χ4v) is 4.21. The van der Waals surface area contributed by atoms with Crippen LogP contribution in [0, 0.1) is 11.6 Å². The number of nitrogens with one attached hydrogen (secondary N) is 1. The number of ether oxygens (including phenoxy) is 1. The first-order chi connectivity index (χ1) is 16.4. The number of aliphatic hydroxyl groups is 1. The minimum absolute atomic E-state index is 0.0211. The van der Waals surface area contributed by atoms with Crippen LogP contribution >= 0.6 is 0 Å². The number of anilines is 2. The standard InChI is InChI=1S/C24H26F2N6O2/c1-14-7-16-10-18(25)23(22(26)17(16)8-14)34-21-11-20(28-19-9-15(13-33)12-27-19)29-24(30-21)32-5-3-31(2)4-6-32/h8-11,33H,3-7,12-13H2,1-2H3,(H,27,28,29,30). The molecule has 0 saturated carbocycles. The van der Waals surface area contributed by atoms with E-state index in [0.29, 0.717) is 54.8 Å². The maximum Gasteiger partial charge on any atom is 0.230 e. The highest BCUT2D eigenvalue weighted by atomic mass is 19.1. The molecule has 0 bridgehead atoms. The molecule has 0 amide bonds. The summed E-state index contributed by atoms with van der Waals surface area (Å²) >= 11 is 0. The number of nitrogens with zero attached hydrogens (tertiary/aromatic N) is 5. The topological polar surface area (TPSA) is 86.1 Å². The molecule has 1 fully saturated rings. The molecule has 5 rings (SSSR count). The average molecular weight is 469 g/mol. The zero-order chi connectivity index (χ0) is 23.8. The second-order valence-electron chi connectivity index (χ2n) is 8.81. The Balaban J connectivity index is 1.48. The molecule has 1 aromatic heterocycles. The number of amidine groups is 1. The minimum atomic E-state index is -0.774. The van der Waals surface area contributed by atoms with Gasteiger partial charge in [0, 0.05) is 37.8 Å². The van der Waals surface area contributed by atoms with Crippen molar-refractivity contribution in [2.75, 3.05) is 56.6 Å². The molecule has 2 aromatic rings. The number of aliphatic hydroxyl groups excluding tert-OH is 1. The monoisotopic (exact) mass is 468 g/mol. The van der Waals surface area contributed by atoms with Gasteiger partial charge in [-0.25, -0.2) is 8.78 Å². The Hall–Kier alpha value is -3.37. The van der Waals surface area contributed by atoms with Crippen LogP contribution < -0.4 is 15.0 Å². The number of hydrogen-bond acceptors (Lipinski definition) is 8. The number of aliphatic imine (C=N–C) groups is 1. The van der Waals surface area contributed by atoms with Crippen molar-refractivity contribution >= 4 is 23.7 Å². The molecule has 1 saturated heterocycles. The number of halogens is 2. The van der Waals surface area contributed by atoms with E-state index in [1.54, 1.807) is 12.2 Å². The van der Waals surface area contributed by atoms with Crippen LogP contribution in [0.4, 0.5) is 20.5 Å². The molecule has 0 spiro atoms. The summed E-state index contributed by atoms with van der Waals surface area (Å²) in [5, 5.41) is 12.4. The van der Waals surface area contributed by atoms with Crippen molar-refractivity contribution in [3.8, 4) is 11.6 Å². The van der Waals surface area contributed by atoms with Gasteiger partial charge in [-0.3, -0.25) is 4.99 Å². The molecule has 0 atom stereocenters. The van der Waals surface area contributed by atoms with Crippen molar-refractivity contribution in [3.05, 3.63) is 52.1 Å². The number of allylic oxidation sites excluding steroid dienone is 1. The molecule has 2 N–H and O–H groups in total. The van der Waals surface area contributed by atoms with Crippen LogP contribution in [0.15, 0.2) is 34.3 Å². The first-order valence-electron chi connectivity index (χ1n) is 11.2. The molecular weight excluding hydrogens is 442 g/mol. The summed E-state index contributed by atoms with van der Waals surface area (Å²) in [7, 11) is 2.05. The highest BCUT2D eigenvalue weighted by Crippen LogP contribution is 2.37. The number of hydrogen-bond donors (Lipinski definition) is 2. The number of aromatic nitrogens is 2. The lowest BCUT2D eigenvalue weighted by atomic mass is 10.1. The number of rotatable bonds is 5. The lowest BCUT2D eigenvalue weighted by molar-refractivity contribution is 0.310. The predicted molar refractivity (Wildman–Crippen MR) is 127 cm³/mol. The molecule has 2 aliphatic heterocycles. The van der Waals surface area contributed by atoms with Crippen LogP contribution in [0.2, 0.25) is 0 Å². The van der Waals surface area contributed by atoms with Gasteiger partial charge in [-0.05, 0) is 43.7 Å². The molecule has 8 nitrogen and oxygen atoms in total. The number of piperazine rings is 1. The van der Waals surface area contributed by atoms with Crippen LogP contribution in [-0.4, -0.2) is 72.2 Å². The largest absolute Gasteiger partial charge is 0.433 e. The van der Waals surface area contributed by atoms with Gasteiger partial charge in [-0.15, -0.1) is 0 Å². The van der Waals surface area contributed by atoms with Crippen molar-refractivity contribution in [2.24, 2.45) is 4.99 Å². The number of likely N-dealkylation sites (N-methyl/N-ethyl adjacent to an activating group) is 1. The summed E-state index contributed by atoms with van der Waals surface area (Å²) in [5.74, 6) is -0.663. The fraction of sp³-hybridized carbons (Fsp3) is 0.375. The quantitative estimate of drug-likeness (QED) is 0.698. The van der Waals surface area contributed by atoms with Gasteiger partial charge in [-0.1, -0.05) is 11.6 Å². The fourth-order valence-electron chi connectivity index (χ4n) is 4.21. The van der Waals surface area contributed by atoms with Gasteiger partial charge in [-0.2, -0.15) is 9.97 Å². The van der Waals surface area contributed by atoms with Crippen LogP contribution in [0.25, 0.3) is 6.08 Å². The molecule has 0 unspecified atom stereocenters. The van der Waals surface area contributed by atoms with Crippen molar-refractivity contribution in [3.63, 3.8) is 0 Å². The van der Waals surface area contributed by atoms with Crippen molar-refractivity contribution in [2.45, 2.75) is 13.3 Å². The molecular formula is C24H26F2N6O2. The Labute approximate surface area is 196 Å². The normalized spacial score (nSPS) is 17.9. The summed E-state index contributed by atoms with van der Waals surface area (Å²) in [5.41, 5.74) is 2.69. The first kappa shape index (κ1) is 22.4. The molecule has 178 valence electrons. The van der Waals surface area contributed by atoms with E-state index >= 15 is 4.39 Å². The second-order valence-corrected chi connectivity index (χ2v) is 8.81. The van der Waals surface area contributed by atoms with E-state index in [2.05, 4.69) is 25.2 Å². The van der Waals surface area contributed by atoms with Gasteiger partial charge in [0.1, 0.15) is 11.7 Å². The lowest BCUT2D eigenvalue weighted by Crippen LogP contribution is -2.45. The SMILES string of the molecule is CC1=Cc2c(cc(F)c(Oc3cc(NC4=NCC(CO)=C4)nc(N4CCN(C)CC4)n3)c2F)C1. The third-order valence-corrected chi connectivity index (χ3v) is 6.10. The molecule has 3 heterocycles. The Morgan fingerprint density at radius 1 is 1.12 bits per heavy atom. The van der Waals surface area contributed by atoms with Crippen LogP contribution in [-0.2, 0) is 6.42 Å². The maximum absolute atomic E-state index is 15.2. The smallest absolute Gasteiger partial charge is 0.230 e. The third kappa shape index (κ3) is 4.51. The number of benzene rings is 1. The molecule has 3 aliphatic rings. The predicted octanol–water partition coefficient (Wildman–Crippen LogP) is 3.00. The molecule has 1 aliphatic carbocycles. The van der Waals surface area contributed by atoms with Crippen molar-refractivity contribution in [1.82, 2.24) is 14.9 Å². The zero-order valence-electron chi connectivity index (χ0n) is 19.1. The van der Waals surface area contributed by atoms with E-state index in [1.165, 1.54) is 12.1 Å². The third-order valence-electron chi connectivity index (χ3n) is 6.10. The van der Waals surface area contributed by atoms with E-state index in [9.17, 15) is 9.50 Å². The van der Waals surface area contributed by atoms with Crippen molar-refractivity contribution in [1.29, 1.82) is 0 Å². The molecule has 10 heteroatoms. The van der Waals surface area contributed by atoms with E-state index in [-0.39, 0.29) is 12.5 Å². The van der Waals surface area contributed by atoms with Gasteiger partial charge in [0.2, 0.25) is 17.6 Å². The van der Waals surface area contributed by atoms with E-state index in [0.717, 1.165) is 24.2 Å². The van der Waals surface area contributed by atoms with E-state index in [1.807, 2.05) is 18.9 Å². The Morgan fingerprint density at radius 3 is 2.65 bits per heavy atom. The molecule has 1 aromatic carbocycles. The van der Waals surface area contributed by atoms with Gasteiger partial charge >= 0.3 is 0 Å². The number of fused-ring (bicyclic) bond motifs is 1. The van der Waals surface area contributed by atoms with Crippen LogP contribution in [0.1, 0.15) is 18.1 Å². The summed E-state index contributed by atoms with van der Waals surface area (Å²) < 4.78 is 35.7. The van der Waals surface area contributed by atoms with Gasteiger partial charge in [0.15, 0.2) is 11.6 Å². The summed E-state index contributed by atoms with van der Waals surface area (Å²) in [6.45, 7) is 5.30. The summed E-state index contributed by atoms with van der Waals surface area (Å²) in [6, 6.07) is 2.80. The minimum Gasteiger partial charge on any atom is -0.433 e. The highest BCUT2D eigenvalue weighted by molar-refractivity contribution is 6.05. The van der Waals surface area contributed by atoms with Crippen LogP contribution in [0.5, 0.6) is 11.6 Å². The summed E-state index contributed by atoms with van der Waals surface area (Å²) in [4.78, 5) is 17.6.